The summed E-state index contributed by atoms with van der Waals surface area (Å²) < 4.78 is 46.0. The Hall–Kier alpha value is -1.96. The van der Waals surface area contributed by atoms with Crippen LogP contribution in [0.2, 0.25) is 0 Å². The van der Waals surface area contributed by atoms with E-state index in [0.29, 0.717) is 39.4 Å². The van der Waals surface area contributed by atoms with Crippen molar-refractivity contribution in [2.45, 2.75) is 18.7 Å². The molecule has 0 bridgehead atoms. The third-order valence-electron chi connectivity index (χ3n) is 4.67. The Labute approximate surface area is 150 Å². The van der Waals surface area contributed by atoms with Crippen molar-refractivity contribution in [2.24, 2.45) is 5.92 Å². The molecule has 2 fully saturated rings. The molecule has 2 atom stereocenters. The molecule has 2 aliphatic heterocycles. The number of hydrogen-bond acceptors (Lipinski definition) is 3. The average Bonchev–Trinajstić information content (AvgIpc) is 2.60. The van der Waals surface area contributed by atoms with Gasteiger partial charge in [0, 0.05) is 32.1 Å². The number of morpholine rings is 1. The fraction of sp³-hybridized carbons (Fsp3) is 0.556. The summed E-state index contributed by atoms with van der Waals surface area (Å²) in [6.45, 7) is 7.45. The van der Waals surface area contributed by atoms with E-state index in [1.54, 1.807) is 21.9 Å². The van der Waals surface area contributed by atoms with Crippen molar-refractivity contribution >= 4 is 6.03 Å². The summed E-state index contributed by atoms with van der Waals surface area (Å²) in [6, 6.07) is 5.85. The summed E-state index contributed by atoms with van der Waals surface area (Å²) in [6.07, 6.45) is -3.92. The Morgan fingerprint density at radius 1 is 1.12 bits per heavy atom. The van der Waals surface area contributed by atoms with Gasteiger partial charge in [0.05, 0.1) is 13.2 Å². The predicted octanol–water partition coefficient (Wildman–Crippen LogP) is 3.28. The van der Waals surface area contributed by atoms with Crippen LogP contribution in [0.25, 0.3) is 0 Å². The quantitative estimate of drug-likeness (QED) is 0.801. The van der Waals surface area contributed by atoms with Crippen LogP contribution in [0.1, 0.15) is 17.9 Å². The fourth-order valence-corrected chi connectivity index (χ4v) is 3.50. The van der Waals surface area contributed by atoms with Crippen LogP contribution in [0.15, 0.2) is 24.3 Å². The fourth-order valence-electron chi connectivity index (χ4n) is 3.50. The number of piperidine rings is 1. The molecule has 3 rings (SSSR count). The van der Waals surface area contributed by atoms with Crippen molar-refractivity contribution in [1.82, 2.24) is 9.80 Å². The second-order valence-corrected chi connectivity index (χ2v) is 6.70. The first-order valence-electron chi connectivity index (χ1n) is 8.62. The number of amides is 2. The van der Waals surface area contributed by atoms with E-state index in [-0.39, 0.29) is 23.6 Å². The molecule has 2 unspecified atom stereocenters. The number of nitrogens with zero attached hydrogens (tertiary/aromatic N) is 2. The van der Waals surface area contributed by atoms with Crippen LogP contribution in [0.3, 0.4) is 0 Å². The Morgan fingerprint density at radius 3 is 2.38 bits per heavy atom. The van der Waals surface area contributed by atoms with Crippen LogP contribution in [-0.4, -0.2) is 61.6 Å². The lowest BCUT2D eigenvalue weighted by molar-refractivity contribution is -0.274. The lowest BCUT2D eigenvalue weighted by Gasteiger charge is -2.40. The number of rotatable bonds is 2. The lowest BCUT2D eigenvalue weighted by Crippen LogP contribution is -2.52. The number of carbonyl (C=O) groups excluding carboxylic acids is 1. The molecule has 2 heterocycles. The molecule has 2 aliphatic rings. The SMILES string of the molecule is [CH2]C1CC(c2ccc(OC(F)(F)F)cc2)CN(C(=O)N2CCOCC2)C1. The molecule has 1 radical (unpaired) electrons. The number of carbonyl (C=O) groups is 1. The van der Waals surface area contributed by atoms with Crippen LogP contribution in [0.4, 0.5) is 18.0 Å². The van der Waals surface area contributed by atoms with Crippen molar-refractivity contribution in [3.63, 3.8) is 0 Å². The van der Waals surface area contributed by atoms with Crippen LogP contribution < -0.4 is 4.74 Å². The first-order chi connectivity index (χ1) is 12.3. The van der Waals surface area contributed by atoms with Gasteiger partial charge in [-0.05, 0) is 37.0 Å². The average molecular weight is 371 g/mol. The molecule has 0 aliphatic carbocycles. The molecule has 8 heteroatoms. The smallest absolute Gasteiger partial charge is 0.406 e. The van der Waals surface area contributed by atoms with Gasteiger partial charge >= 0.3 is 12.4 Å². The molecule has 5 nitrogen and oxygen atoms in total. The molecular weight excluding hydrogens is 349 g/mol. The van der Waals surface area contributed by atoms with Gasteiger partial charge < -0.3 is 19.3 Å². The number of urea groups is 1. The maximum atomic E-state index is 12.7. The van der Waals surface area contributed by atoms with Crippen LogP contribution >= 0.6 is 0 Å². The normalized spacial score (nSPS) is 24.5. The van der Waals surface area contributed by atoms with E-state index in [9.17, 15) is 18.0 Å². The minimum Gasteiger partial charge on any atom is -0.406 e. The molecule has 26 heavy (non-hydrogen) atoms. The van der Waals surface area contributed by atoms with Gasteiger partial charge in [0.2, 0.25) is 0 Å². The van der Waals surface area contributed by atoms with Gasteiger partial charge in [0.15, 0.2) is 0 Å². The lowest BCUT2D eigenvalue weighted by atomic mass is 9.85. The van der Waals surface area contributed by atoms with E-state index in [1.807, 2.05) is 0 Å². The number of alkyl halides is 3. The van der Waals surface area contributed by atoms with Gasteiger partial charge in [0.1, 0.15) is 5.75 Å². The Kier molecular flexibility index (Phi) is 5.60. The van der Waals surface area contributed by atoms with E-state index in [4.69, 9.17) is 4.74 Å². The second-order valence-electron chi connectivity index (χ2n) is 6.70. The van der Waals surface area contributed by atoms with Gasteiger partial charge in [-0.3, -0.25) is 0 Å². The van der Waals surface area contributed by atoms with Crippen molar-refractivity contribution < 1.29 is 27.4 Å². The van der Waals surface area contributed by atoms with Gasteiger partial charge in [-0.1, -0.05) is 12.1 Å². The monoisotopic (exact) mass is 371 g/mol. The van der Waals surface area contributed by atoms with Crippen molar-refractivity contribution in [1.29, 1.82) is 0 Å². The maximum Gasteiger partial charge on any atom is 0.573 e. The highest BCUT2D eigenvalue weighted by Gasteiger charge is 2.33. The van der Waals surface area contributed by atoms with E-state index in [1.165, 1.54) is 12.1 Å². The summed E-state index contributed by atoms with van der Waals surface area (Å²) in [5, 5.41) is 0. The molecular formula is C18H22F3N2O3. The number of likely N-dealkylation sites (tertiary alicyclic amines) is 1. The first kappa shape index (κ1) is 18.8. The maximum absolute atomic E-state index is 12.7. The molecule has 143 valence electrons. The van der Waals surface area contributed by atoms with Crippen molar-refractivity contribution in [3.8, 4) is 5.75 Å². The number of benzene rings is 1. The van der Waals surface area contributed by atoms with Gasteiger partial charge in [-0.25, -0.2) is 4.79 Å². The third-order valence-corrected chi connectivity index (χ3v) is 4.67. The van der Waals surface area contributed by atoms with Crippen LogP contribution in [0.5, 0.6) is 5.75 Å². The Bertz CT molecular complexity index is 615. The topological polar surface area (TPSA) is 42.0 Å². The highest BCUT2D eigenvalue weighted by molar-refractivity contribution is 5.74. The van der Waals surface area contributed by atoms with Crippen LogP contribution in [0, 0.1) is 12.8 Å². The summed E-state index contributed by atoms with van der Waals surface area (Å²) in [7, 11) is 0. The van der Waals surface area contributed by atoms with Crippen molar-refractivity contribution in [3.05, 3.63) is 36.8 Å². The first-order valence-corrected chi connectivity index (χ1v) is 8.62. The van der Waals surface area contributed by atoms with Gasteiger partial charge in [0.25, 0.3) is 0 Å². The van der Waals surface area contributed by atoms with Gasteiger partial charge in [-0.15, -0.1) is 13.2 Å². The molecule has 0 aromatic heterocycles. The van der Waals surface area contributed by atoms with E-state index in [0.717, 1.165) is 12.0 Å². The number of halogens is 3. The minimum atomic E-state index is -4.70. The largest absolute Gasteiger partial charge is 0.573 e. The summed E-state index contributed by atoms with van der Waals surface area (Å²) in [5.74, 6) is -0.134. The zero-order valence-corrected chi connectivity index (χ0v) is 14.4. The molecule has 1 aromatic carbocycles. The summed E-state index contributed by atoms with van der Waals surface area (Å²) in [5.41, 5.74) is 0.882. The molecule has 0 N–H and O–H groups in total. The molecule has 0 spiro atoms. The van der Waals surface area contributed by atoms with Gasteiger partial charge in [-0.2, -0.15) is 0 Å². The molecule has 2 saturated heterocycles. The van der Waals surface area contributed by atoms with Crippen molar-refractivity contribution in [2.75, 3.05) is 39.4 Å². The van der Waals surface area contributed by atoms with Crippen LogP contribution in [-0.2, 0) is 4.74 Å². The minimum absolute atomic E-state index is 0.0244. The predicted molar refractivity (Wildman–Crippen MR) is 88.7 cm³/mol. The Morgan fingerprint density at radius 2 is 1.77 bits per heavy atom. The molecule has 2 amide bonds. The van der Waals surface area contributed by atoms with E-state index in [2.05, 4.69) is 11.7 Å². The number of hydrogen-bond donors (Lipinski definition) is 0. The third kappa shape index (κ3) is 4.81. The summed E-state index contributed by atoms with van der Waals surface area (Å²) >= 11 is 0. The molecule has 0 saturated carbocycles. The van der Waals surface area contributed by atoms with E-state index >= 15 is 0 Å². The highest BCUT2D eigenvalue weighted by atomic mass is 19.4. The second kappa shape index (κ2) is 7.73. The standard InChI is InChI=1S/C18H22F3N2O3/c1-13-10-15(14-2-4-16(5-3-14)26-18(19,20)21)12-23(11-13)17(24)22-6-8-25-9-7-22/h2-5,13,15H,1,6-12H2. The highest BCUT2D eigenvalue weighted by Crippen LogP contribution is 2.32. The zero-order chi connectivity index (χ0) is 18.7. The zero-order valence-electron chi connectivity index (χ0n) is 14.4. The summed E-state index contributed by atoms with van der Waals surface area (Å²) in [4.78, 5) is 16.3. The molecule has 1 aromatic rings. The number of ether oxygens (including phenoxy) is 2. The Balaban J connectivity index is 1.66. The van der Waals surface area contributed by atoms with E-state index < -0.39 is 6.36 Å².